The molecule has 1 aliphatic rings. The van der Waals surface area contributed by atoms with Gasteiger partial charge in [0.25, 0.3) is 0 Å². The third kappa shape index (κ3) is 2.63. The van der Waals surface area contributed by atoms with E-state index in [0.29, 0.717) is 5.69 Å². The molecule has 98 valence electrons. The summed E-state index contributed by atoms with van der Waals surface area (Å²) in [5.74, 6) is -0.238. The highest BCUT2D eigenvalue weighted by Crippen LogP contribution is 2.32. The van der Waals surface area contributed by atoms with Gasteiger partial charge in [-0.1, -0.05) is 22.0 Å². The number of hydrogen-bond acceptors (Lipinski definition) is 2. The number of aryl methyl sites for hydroxylation is 1. The van der Waals surface area contributed by atoms with Crippen molar-refractivity contribution in [2.45, 2.75) is 25.3 Å². The zero-order valence-corrected chi connectivity index (χ0v) is 12.0. The van der Waals surface area contributed by atoms with Crippen LogP contribution in [0.25, 0.3) is 0 Å². The van der Waals surface area contributed by atoms with E-state index in [-0.39, 0.29) is 11.9 Å². The number of fused-ring (bicyclic) bond motifs is 1. The minimum absolute atomic E-state index is 0.0978. The Labute approximate surface area is 120 Å². The Kier molecular flexibility index (Phi) is 3.51. The molecule has 0 saturated heterocycles. The van der Waals surface area contributed by atoms with Gasteiger partial charge in [-0.3, -0.25) is 4.98 Å². The lowest BCUT2D eigenvalue weighted by Crippen LogP contribution is -2.19. The molecule has 1 aromatic carbocycles. The predicted molar refractivity (Wildman–Crippen MR) is 77.6 cm³/mol. The lowest BCUT2D eigenvalue weighted by Gasteiger charge is -2.26. The van der Waals surface area contributed by atoms with Crippen LogP contribution in [-0.2, 0) is 6.42 Å². The molecule has 1 aromatic heterocycles. The average Bonchev–Trinajstić information content (AvgIpc) is 2.42. The Morgan fingerprint density at radius 2 is 2.21 bits per heavy atom. The Bertz CT molecular complexity index is 600. The molecule has 1 aliphatic carbocycles. The lowest BCUT2D eigenvalue weighted by molar-refractivity contribution is 0.573. The van der Waals surface area contributed by atoms with Gasteiger partial charge in [0.15, 0.2) is 0 Å². The number of hydrogen-bond donors (Lipinski definition) is 1. The molecule has 0 radical (unpaired) electrons. The number of nitrogens with zero attached hydrogens (tertiary/aromatic N) is 1. The van der Waals surface area contributed by atoms with E-state index in [0.717, 1.165) is 29.4 Å². The predicted octanol–water partition coefficient (Wildman–Crippen LogP) is 4.47. The number of halogens is 2. The molecule has 19 heavy (non-hydrogen) atoms. The smallest absolute Gasteiger partial charge is 0.147 e. The van der Waals surface area contributed by atoms with Crippen molar-refractivity contribution in [1.29, 1.82) is 0 Å². The molecule has 1 heterocycles. The maximum absolute atomic E-state index is 13.9. The topological polar surface area (TPSA) is 24.9 Å². The molecular weight excluding hydrogens is 307 g/mol. The van der Waals surface area contributed by atoms with Crippen LogP contribution < -0.4 is 5.32 Å². The molecule has 1 N–H and O–H groups in total. The van der Waals surface area contributed by atoms with Gasteiger partial charge in [0.05, 0.1) is 17.4 Å². The quantitative estimate of drug-likeness (QED) is 0.882. The molecule has 0 aliphatic heterocycles. The first kappa shape index (κ1) is 12.6. The van der Waals surface area contributed by atoms with E-state index < -0.39 is 0 Å². The van der Waals surface area contributed by atoms with Gasteiger partial charge < -0.3 is 5.32 Å². The van der Waals surface area contributed by atoms with Gasteiger partial charge in [0.1, 0.15) is 5.82 Å². The number of pyridine rings is 1. The van der Waals surface area contributed by atoms with Gasteiger partial charge in [-0.15, -0.1) is 0 Å². The zero-order valence-electron chi connectivity index (χ0n) is 10.4. The van der Waals surface area contributed by atoms with E-state index in [1.165, 1.54) is 11.6 Å². The highest BCUT2D eigenvalue weighted by Gasteiger charge is 2.21. The van der Waals surface area contributed by atoms with Gasteiger partial charge in [0, 0.05) is 10.7 Å². The van der Waals surface area contributed by atoms with Crippen LogP contribution in [-0.4, -0.2) is 4.98 Å². The number of benzene rings is 1. The number of aromatic nitrogens is 1. The van der Waals surface area contributed by atoms with E-state index in [1.807, 2.05) is 12.1 Å². The summed E-state index contributed by atoms with van der Waals surface area (Å²) in [4.78, 5) is 4.45. The van der Waals surface area contributed by atoms with Crippen LogP contribution in [0.15, 0.2) is 41.0 Å². The zero-order chi connectivity index (χ0) is 13.2. The highest BCUT2D eigenvalue weighted by atomic mass is 79.9. The summed E-state index contributed by atoms with van der Waals surface area (Å²) in [5, 5.41) is 3.27. The van der Waals surface area contributed by atoms with Gasteiger partial charge in [-0.2, -0.15) is 0 Å². The molecule has 0 saturated carbocycles. The first-order valence-electron chi connectivity index (χ1n) is 6.39. The van der Waals surface area contributed by atoms with Crippen molar-refractivity contribution in [3.8, 4) is 0 Å². The Balaban J connectivity index is 1.88. The van der Waals surface area contributed by atoms with Gasteiger partial charge >= 0.3 is 0 Å². The van der Waals surface area contributed by atoms with E-state index in [2.05, 4.69) is 32.3 Å². The molecule has 0 fully saturated rings. The first-order valence-corrected chi connectivity index (χ1v) is 7.19. The monoisotopic (exact) mass is 320 g/mol. The summed E-state index contributed by atoms with van der Waals surface area (Å²) >= 11 is 3.27. The van der Waals surface area contributed by atoms with E-state index in [9.17, 15) is 4.39 Å². The molecule has 1 unspecified atom stereocenters. The fourth-order valence-corrected chi connectivity index (χ4v) is 2.88. The summed E-state index contributed by atoms with van der Waals surface area (Å²) in [6.07, 6.45) is 4.95. The van der Waals surface area contributed by atoms with Crippen molar-refractivity contribution < 1.29 is 4.39 Å². The summed E-state index contributed by atoms with van der Waals surface area (Å²) in [6, 6.07) is 9.24. The van der Waals surface area contributed by atoms with Crippen molar-refractivity contribution in [3.63, 3.8) is 0 Å². The number of nitrogens with one attached hydrogen (secondary N) is 1. The largest absolute Gasteiger partial charge is 0.374 e. The maximum atomic E-state index is 13.9. The molecule has 0 bridgehead atoms. The van der Waals surface area contributed by atoms with Gasteiger partial charge in [-0.05, 0) is 49.1 Å². The summed E-state index contributed by atoms with van der Waals surface area (Å²) in [7, 11) is 0. The van der Waals surface area contributed by atoms with Gasteiger partial charge in [-0.25, -0.2) is 4.39 Å². The normalized spacial score (nSPS) is 17.9. The standard InChI is InChI=1S/C15H14BrFN2/c16-11-6-7-13(12(17)9-11)19-14-5-1-3-10-4-2-8-18-15(10)14/h2,4,6-9,14,19H,1,3,5H2. The SMILES string of the molecule is Fc1cc(Br)ccc1NC1CCCc2cccnc21. The van der Waals surface area contributed by atoms with Crippen LogP contribution >= 0.6 is 15.9 Å². The highest BCUT2D eigenvalue weighted by molar-refractivity contribution is 9.10. The first-order chi connectivity index (χ1) is 9.24. The third-order valence-corrected chi connectivity index (χ3v) is 3.95. The van der Waals surface area contributed by atoms with E-state index in [4.69, 9.17) is 0 Å². The number of rotatable bonds is 2. The van der Waals surface area contributed by atoms with Crippen LogP contribution in [0.5, 0.6) is 0 Å². The minimum Gasteiger partial charge on any atom is -0.374 e. The van der Waals surface area contributed by atoms with Crippen LogP contribution in [0.1, 0.15) is 30.1 Å². The molecule has 2 nitrogen and oxygen atoms in total. The van der Waals surface area contributed by atoms with Crippen LogP contribution in [0.4, 0.5) is 10.1 Å². The molecule has 2 aromatic rings. The minimum atomic E-state index is -0.238. The molecular formula is C15H14BrFN2. The third-order valence-electron chi connectivity index (χ3n) is 3.46. The van der Waals surface area contributed by atoms with Crippen LogP contribution in [0.3, 0.4) is 0 Å². The van der Waals surface area contributed by atoms with Crippen molar-refractivity contribution in [2.24, 2.45) is 0 Å². The summed E-state index contributed by atoms with van der Waals surface area (Å²) < 4.78 is 14.6. The molecule has 4 heteroatoms. The molecule has 0 amide bonds. The van der Waals surface area contributed by atoms with Crippen LogP contribution in [0, 0.1) is 5.82 Å². The van der Waals surface area contributed by atoms with Crippen molar-refractivity contribution in [3.05, 3.63) is 58.1 Å². The van der Waals surface area contributed by atoms with Gasteiger partial charge in [0.2, 0.25) is 0 Å². The molecule has 3 rings (SSSR count). The Hall–Kier alpha value is -1.42. The van der Waals surface area contributed by atoms with E-state index in [1.54, 1.807) is 12.3 Å². The summed E-state index contributed by atoms with van der Waals surface area (Å²) in [5.41, 5.74) is 2.85. The second-order valence-electron chi connectivity index (χ2n) is 4.76. The molecule has 1 atom stereocenters. The van der Waals surface area contributed by atoms with Crippen molar-refractivity contribution >= 4 is 21.6 Å². The van der Waals surface area contributed by atoms with E-state index >= 15 is 0 Å². The Morgan fingerprint density at radius 1 is 1.32 bits per heavy atom. The average molecular weight is 321 g/mol. The summed E-state index contributed by atoms with van der Waals surface area (Å²) in [6.45, 7) is 0. The fourth-order valence-electron chi connectivity index (χ4n) is 2.54. The second kappa shape index (κ2) is 5.29. The van der Waals surface area contributed by atoms with Crippen molar-refractivity contribution in [1.82, 2.24) is 4.98 Å². The maximum Gasteiger partial charge on any atom is 0.147 e. The van der Waals surface area contributed by atoms with Crippen LogP contribution in [0.2, 0.25) is 0 Å². The number of anilines is 1. The fraction of sp³-hybridized carbons (Fsp3) is 0.267. The molecule has 0 spiro atoms. The second-order valence-corrected chi connectivity index (χ2v) is 5.68. The van der Waals surface area contributed by atoms with Crippen molar-refractivity contribution in [2.75, 3.05) is 5.32 Å². The Morgan fingerprint density at radius 3 is 3.05 bits per heavy atom. The lowest BCUT2D eigenvalue weighted by atomic mass is 9.92.